The Bertz CT molecular complexity index is 512. The molecule has 0 aliphatic heterocycles. The molecule has 0 amide bonds. The van der Waals surface area contributed by atoms with Gasteiger partial charge in [0.25, 0.3) is 16.4 Å². The molecule has 0 aromatic carbocycles. The van der Waals surface area contributed by atoms with Crippen LogP contribution in [0.25, 0.3) is 0 Å². The number of sulfonamides is 1. The zero-order valence-electron chi connectivity index (χ0n) is 9.83. The van der Waals surface area contributed by atoms with Gasteiger partial charge in [0.1, 0.15) is 0 Å². The molecule has 0 aliphatic rings. The highest BCUT2D eigenvalue weighted by atomic mass is 32.2. The number of halogens is 2. The minimum atomic E-state index is -4.26. The summed E-state index contributed by atoms with van der Waals surface area (Å²) in [6.45, 7) is -2.05. The molecule has 0 aliphatic carbocycles. The molecule has 0 fully saturated rings. The van der Waals surface area contributed by atoms with Crippen LogP contribution in [0.2, 0.25) is 0 Å². The molecular weight excluding hydrogens is 282 g/mol. The van der Waals surface area contributed by atoms with Gasteiger partial charge in [0.2, 0.25) is 0 Å². The molecule has 108 valence electrons. The molecule has 0 saturated heterocycles. The zero-order chi connectivity index (χ0) is 14.5. The fraction of sp³-hybridized carbons (Fsp3) is 0.444. The zero-order valence-corrected chi connectivity index (χ0v) is 10.6. The summed E-state index contributed by atoms with van der Waals surface area (Å²) in [5.74, 6) is 5.15. The molecule has 0 atom stereocenters. The second-order valence-corrected chi connectivity index (χ2v) is 5.33. The average Bonchev–Trinajstić information content (AvgIpc) is 2.37. The summed E-state index contributed by atoms with van der Waals surface area (Å²) in [5, 5.41) is 8.31. The number of hydrogen-bond acceptors (Lipinski definition) is 6. The van der Waals surface area contributed by atoms with Crippen LogP contribution >= 0.6 is 0 Å². The lowest BCUT2D eigenvalue weighted by Gasteiger charge is -2.21. The Balaban J connectivity index is 3.18. The standard InChI is InChI=1S/C9H14F2N4O3S/c10-8(11)6-15(4-5-16)19(17,18)9-7(14-12)2-1-3-13-9/h1-3,8,14,16H,4-6,12H2. The van der Waals surface area contributed by atoms with Crippen molar-refractivity contribution in [3.8, 4) is 0 Å². The first-order valence-electron chi connectivity index (χ1n) is 5.24. The summed E-state index contributed by atoms with van der Waals surface area (Å²) >= 11 is 0. The predicted molar refractivity (Wildman–Crippen MR) is 63.9 cm³/mol. The number of anilines is 1. The Morgan fingerprint density at radius 1 is 1.53 bits per heavy atom. The van der Waals surface area contributed by atoms with Crippen LogP contribution in [0.3, 0.4) is 0 Å². The molecule has 0 unspecified atom stereocenters. The van der Waals surface area contributed by atoms with Crippen molar-refractivity contribution in [1.29, 1.82) is 0 Å². The fourth-order valence-corrected chi connectivity index (χ4v) is 2.88. The molecule has 1 aromatic rings. The highest BCUT2D eigenvalue weighted by Crippen LogP contribution is 2.21. The maximum Gasteiger partial charge on any atom is 0.262 e. The Labute approximate surface area is 109 Å². The number of aliphatic hydroxyl groups excluding tert-OH is 1. The van der Waals surface area contributed by atoms with Gasteiger partial charge >= 0.3 is 0 Å². The number of aliphatic hydroxyl groups is 1. The predicted octanol–water partition coefficient (Wildman–Crippen LogP) is -0.385. The van der Waals surface area contributed by atoms with Crippen LogP contribution in [0.1, 0.15) is 0 Å². The maximum absolute atomic E-state index is 12.4. The number of nitrogens with two attached hydrogens (primary N) is 1. The highest BCUT2D eigenvalue weighted by Gasteiger charge is 2.30. The Hall–Kier alpha value is -1.36. The van der Waals surface area contributed by atoms with Crippen molar-refractivity contribution in [3.63, 3.8) is 0 Å². The monoisotopic (exact) mass is 296 g/mol. The smallest absolute Gasteiger partial charge is 0.262 e. The second-order valence-electron chi connectivity index (χ2n) is 3.48. The number of pyridine rings is 1. The molecule has 7 nitrogen and oxygen atoms in total. The first-order valence-corrected chi connectivity index (χ1v) is 6.68. The molecule has 0 spiro atoms. The highest BCUT2D eigenvalue weighted by molar-refractivity contribution is 7.89. The first kappa shape index (κ1) is 15.7. The SMILES string of the molecule is NNc1cccnc1S(=O)(=O)N(CCO)CC(F)F. The summed E-state index contributed by atoms with van der Waals surface area (Å²) in [6.07, 6.45) is -1.66. The van der Waals surface area contributed by atoms with E-state index in [0.717, 1.165) is 0 Å². The number of nitrogen functional groups attached to an aromatic ring is 1. The summed E-state index contributed by atoms with van der Waals surface area (Å²) < 4.78 is 49.6. The largest absolute Gasteiger partial charge is 0.395 e. The molecule has 1 rings (SSSR count). The summed E-state index contributed by atoms with van der Waals surface area (Å²) in [4.78, 5) is 3.63. The van der Waals surface area contributed by atoms with Crippen LogP contribution in [0, 0.1) is 0 Å². The molecule has 19 heavy (non-hydrogen) atoms. The van der Waals surface area contributed by atoms with Gasteiger partial charge in [-0.2, -0.15) is 4.31 Å². The number of nitrogens with one attached hydrogen (secondary N) is 1. The molecule has 4 N–H and O–H groups in total. The number of alkyl halides is 2. The van der Waals surface area contributed by atoms with Crippen LogP contribution in [-0.4, -0.2) is 48.9 Å². The minimum absolute atomic E-state index is 0.0142. The lowest BCUT2D eigenvalue weighted by atomic mass is 10.4. The van der Waals surface area contributed by atoms with Crippen LogP contribution in [0.5, 0.6) is 0 Å². The van der Waals surface area contributed by atoms with E-state index in [9.17, 15) is 17.2 Å². The lowest BCUT2D eigenvalue weighted by molar-refractivity contribution is 0.113. The van der Waals surface area contributed by atoms with Gasteiger partial charge in [-0.3, -0.25) is 5.84 Å². The Kier molecular flexibility index (Phi) is 5.54. The molecule has 1 aromatic heterocycles. The van der Waals surface area contributed by atoms with E-state index in [1.807, 2.05) is 0 Å². The van der Waals surface area contributed by atoms with Crippen LogP contribution in [-0.2, 0) is 10.0 Å². The van der Waals surface area contributed by atoms with Crippen molar-refractivity contribution in [2.75, 3.05) is 25.1 Å². The maximum atomic E-state index is 12.4. The summed E-state index contributed by atoms with van der Waals surface area (Å²) in [7, 11) is -4.26. The normalized spacial score (nSPS) is 12.1. The summed E-state index contributed by atoms with van der Waals surface area (Å²) in [5.41, 5.74) is 2.12. The van der Waals surface area contributed by atoms with Gasteiger partial charge in [-0.05, 0) is 12.1 Å². The van der Waals surface area contributed by atoms with Gasteiger partial charge in [0.05, 0.1) is 18.8 Å². The van der Waals surface area contributed by atoms with E-state index in [1.54, 1.807) is 0 Å². The number of hydrogen-bond donors (Lipinski definition) is 3. The second kappa shape index (κ2) is 6.70. The van der Waals surface area contributed by atoms with Crippen molar-refractivity contribution in [1.82, 2.24) is 9.29 Å². The van der Waals surface area contributed by atoms with Gasteiger partial charge < -0.3 is 10.5 Å². The van der Waals surface area contributed by atoms with Crippen molar-refractivity contribution >= 4 is 15.7 Å². The number of nitrogens with zero attached hydrogens (tertiary/aromatic N) is 2. The van der Waals surface area contributed by atoms with E-state index in [-0.39, 0.29) is 5.69 Å². The Morgan fingerprint density at radius 3 is 2.74 bits per heavy atom. The number of aromatic nitrogens is 1. The fourth-order valence-electron chi connectivity index (χ4n) is 1.40. The quantitative estimate of drug-likeness (QED) is 0.467. The lowest BCUT2D eigenvalue weighted by Crippen LogP contribution is -2.38. The van der Waals surface area contributed by atoms with Crippen LogP contribution < -0.4 is 11.3 Å². The first-order chi connectivity index (χ1) is 8.93. The van der Waals surface area contributed by atoms with Crippen molar-refractivity contribution < 1.29 is 22.3 Å². The topological polar surface area (TPSA) is 109 Å². The van der Waals surface area contributed by atoms with E-state index in [1.165, 1.54) is 18.3 Å². The molecular formula is C9H14F2N4O3S. The van der Waals surface area contributed by atoms with Crippen LogP contribution in [0.4, 0.5) is 14.5 Å². The molecule has 0 bridgehead atoms. The van der Waals surface area contributed by atoms with Gasteiger partial charge in [-0.1, -0.05) is 0 Å². The third kappa shape index (κ3) is 3.80. The van der Waals surface area contributed by atoms with Gasteiger partial charge in [-0.25, -0.2) is 22.2 Å². The van der Waals surface area contributed by atoms with Gasteiger partial charge in [0.15, 0.2) is 5.03 Å². The Morgan fingerprint density at radius 2 is 2.21 bits per heavy atom. The van der Waals surface area contributed by atoms with Crippen LogP contribution in [0.15, 0.2) is 23.4 Å². The van der Waals surface area contributed by atoms with Crippen molar-refractivity contribution in [3.05, 3.63) is 18.3 Å². The van der Waals surface area contributed by atoms with Crippen molar-refractivity contribution in [2.24, 2.45) is 5.84 Å². The molecule has 1 heterocycles. The van der Waals surface area contributed by atoms with E-state index in [2.05, 4.69) is 10.4 Å². The number of hydrazine groups is 1. The summed E-state index contributed by atoms with van der Waals surface area (Å²) in [6, 6.07) is 2.79. The van der Waals surface area contributed by atoms with Crippen molar-refractivity contribution in [2.45, 2.75) is 11.5 Å². The van der Waals surface area contributed by atoms with E-state index in [0.29, 0.717) is 4.31 Å². The third-order valence-corrected chi connectivity index (χ3v) is 4.03. The molecule has 0 radical (unpaired) electrons. The van der Waals surface area contributed by atoms with Gasteiger partial charge in [0, 0.05) is 12.7 Å². The molecule has 0 saturated carbocycles. The third-order valence-electron chi connectivity index (χ3n) is 2.20. The van der Waals surface area contributed by atoms with E-state index < -0.39 is 41.2 Å². The van der Waals surface area contributed by atoms with E-state index in [4.69, 9.17) is 10.9 Å². The molecule has 10 heteroatoms. The van der Waals surface area contributed by atoms with E-state index >= 15 is 0 Å². The average molecular weight is 296 g/mol. The van der Waals surface area contributed by atoms with Gasteiger partial charge in [-0.15, -0.1) is 0 Å². The number of rotatable bonds is 7. The minimum Gasteiger partial charge on any atom is -0.395 e.